The lowest BCUT2D eigenvalue weighted by atomic mass is 9.93. The predicted molar refractivity (Wildman–Crippen MR) is 72.0 cm³/mol. The smallest absolute Gasteiger partial charge is 0.125 e. The molecular formula is C14H23NO3. The monoisotopic (exact) mass is 253 g/mol. The molecule has 4 nitrogen and oxygen atoms in total. The number of aryl methyl sites for hydroxylation is 1. The van der Waals surface area contributed by atoms with Gasteiger partial charge in [0.05, 0.1) is 13.7 Å². The molecule has 0 radical (unpaired) electrons. The average molecular weight is 253 g/mol. The van der Waals surface area contributed by atoms with Crippen molar-refractivity contribution in [3.8, 4) is 5.75 Å². The van der Waals surface area contributed by atoms with Crippen molar-refractivity contribution < 1.29 is 14.6 Å². The maximum atomic E-state index is 10.5. The molecule has 0 aromatic heterocycles. The number of aliphatic hydroxyl groups is 1. The van der Waals surface area contributed by atoms with Gasteiger partial charge in [-0.15, -0.1) is 0 Å². The van der Waals surface area contributed by atoms with Gasteiger partial charge in [0, 0.05) is 25.8 Å². The van der Waals surface area contributed by atoms with Crippen LogP contribution in [0.4, 0.5) is 0 Å². The quantitative estimate of drug-likeness (QED) is 0.722. The van der Waals surface area contributed by atoms with Crippen LogP contribution in [0.3, 0.4) is 0 Å². The standard InChI is InChI=1S/C14H23NO3/c1-11-5-6-13(18-4)12(9-11)14(2,16)10-15-7-8-17-3/h5-6,9,15-16H,7-8,10H2,1-4H3. The first-order valence-corrected chi connectivity index (χ1v) is 6.08. The first kappa shape index (κ1) is 15.0. The van der Waals surface area contributed by atoms with Crippen LogP contribution in [-0.2, 0) is 10.3 Å². The third-order valence-corrected chi connectivity index (χ3v) is 2.89. The first-order valence-electron chi connectivity index (χ1n) is 6.08. The van der Waals surface area contributed by atoms with Crippen LogP contribution in [0.1, 0.15) is 18.1 Å². The van der Waals surface area contributed by atoms with E-state index in [0.717, 1.165) is 11.1 Å². The molecular weight excluding hydrogens is 230 g/mol. The van der Waals surface area contributed by atoms with E-state index in [1.165, 1.54) is 0 Å². The molecule has 0 aliphatic rings. The number of methoxy groups -OCH3 is 2. The zero-order chi connectivity index (χ0) is 13.6. The van der Waals surface area contributed by atoms with E-state index in [0.29, 0.717) is 25.4 Å². The van der Waals surface area contributed by atoms with Gasteiger partial charge in [-0.2, -0.15) is 0 Å². The van der Waals surface area contributed by atoms with Crippen molar-refractivity contribution in [1.29, 1.82) is 0 Å². The number of rotatable bonds is 7. The molecule has 1 aromatic carbocycles. The fourth-order valence-electron chi connectivity index (χ4n) is 1.84. The van der Waals surface area contributed by atoms with Crippen LogP contribution in [0, 0.1) is 6.92 Å². The summed E-state index contributed by atoms with van der Waals surface area (Å²) >= 11 is 0. The molecule has 0 spiro atoms. The predicted octanol–water partition coefficient (Wildman–Crippen LogP) is 1.45. The van der Waals surface area contributed by atoms with Gasteiger partial charge in [-0.1, -0.05) is 11.6 Å². The highest BCUT2D eigenvalue weighted by atomic mass is 16.5. The van der Waals surface area contributed by atoms with Crippen LogP contribution in [0.2, 0.25) is 0 Å². The Morgan fingerprint density at radius 2 is 2.06 bits per heavy atom. The van der Waals surface area contributed by atoms with Crippen LogP contribution in [0.25, 0.3) is 0 Å². The summed E-state index contributed by atoms with van der Waals surface area (Å²) in [4.78, 5) is 0. The Morgan fingerprint density at radius 3 is 2.67 bits per heavy atom. The lowest BCUT2D eigenvalue weighted by molar-refractivity contribution is 0.0524. The van der Waals surface area contributed by atoms with Gasteiger partial charge in [0.15, 0.2) is 0 Å². The normalized spacial score (nSPS) is 14.3. The third-order valence-electron chi connectivity index (χ3n) is 2.89. The van der Waals surface area contributed by atoms with Gasteiger partial charge in [-0.25, -0.2) is 0 Å². The molecule has 4 heteroatoms. The van der Waals surface area contributed by atoms with Crippen molar-refractivity contribution >= 4 is 0 Å². The van der Waals surface area contributed by atoms with Crippen molar-refractivity contribution in [2.45, 2.75) is 19.4 Å². The molecule has 0 aliphatic heterocycles. The Bertz CT molecular complexity index is 377. The van der Waals surface area contributed by atoms with Crippen LogP contribution < -0.4 is 10.1 Å². The maximum Gasteiger partial charge on any atom is 0.125 e. The lowest BCUT2D eigenvalue weighted by Crippen LogP contribution is -2.37. The molecule has 1 aromatic rings. The van der Waals surface area contributed by atoms with Gasteiger partial charge in [-0.3, -0.25) is 0 Å². The van der Waals surface area contributed by atoms with E-state index in [-0.39, 0.29) is 0 Å². The number of ether oxygens (including phenoxy) is 2. The van der Waals surface area contributed by atoms with Crippen LogP contribution in [0.5, 0.6) is 5.75 Å². The van der Waals surface area contributed by atoms with Gasteiger partial charge in [0.25, 0.3) is 0 Å². The Labute approximate surface area is 109 Å². The third kappa shape index (κ3) is 3.98. The fraction of sp³-hybridized carbons (Fsp3) is 0.571. The molecule has 1 atom stereocenters. The minimum absolute atomic E-state index is 0.455. The molecule has 0 aliphatic carbocycles. The summed E-state index contributed by atoms with van der Waals surface area (Å²) in [6.45, 7) is 5.57. The SMILES string of the molecule is COCCNCC(C)(O)c1cc(C)ccc1OC. The molecule has 2 N–H and O–H groups in total. The second kappa shape index (κ2) is 6.73. The highest BCUT2D eigenvalue weighted by molar-refractivity contribution is 5.40. The molecule has 102 valence electrons. The average Bonchev–Trinajstić information content (AvgIpc) is 2.35. The van der Waals surface area contributed by atoms with Gasteiger partial charge in [0.1, 0.15) is 11.4 Å². The Hall–Kier alpha value is -1.10. The van der Waals surface area contributed by atoms with Gasteiger partial charge in [0.2, 0.25) is 0 Å². The van der Waals surface area contributed by atoms with E-state index >= 15 is 0 Å². The highest BCUT2D eigenvalue weighted by Crippen LogP contribution is 2.30. The molecule has 0 amide bonds. The Morgan fingerprint density at radius 1 is 1.33 bits per heavy atom. The topological polar surface area (TPSA) is 50.7 Å². The summed E-state index contributed by atoms with van der Waals surface area (Å²) in [6, 6.07) is 5.81. The summed E-state index contributed by atoms with van der Waals surface area (Å²) in [6.07, 6.45) is 0. The molecule has 0 saturated heterocycles. The summed E-state index contributed by atoms with van der Waals surface area (Å²) < 4.78 is 10.3. The Balaban J connectivity index is 2.79. The molecule has 0 heterocycles. The number of hydrogen-bond acceptors (Lipinski definition) is 4. The number of nitrogens with one attached hydrogen (secondary N) is 1. The van der Waals surface area contributed by atoms with Crippen molar-refractivity contribution in [2.75, 3.05) is 33.9 Å². The zero-order valence-corrected chi connectivity index (χ0v) is 11.6. The van der Waals surface area contributed by atoms with Crippen molar-refractivity contribution in [3.63, 3.8) is 0 Å². The van der Waals surface area contributed by atoms with E-state index in [4.69, 9.17) is 9.47 Å². The Kier molecular flexibility index (Phi) is 5.59. The lowest BCUT2D eigenvalue weighted by Gasteiger charge is -2.26. The number of benzene rings is 1. The largest absolute Gasteiger partial charge is 0.496 e. The molecule has 0 saturated carbocycles. The summed E-state index contributed by atoms with van der Waals surface area (Å²) in [5.41, 5.74) is 0.934. The van der Waals surface area contributed by atoms with Gasteiger partial charge in [-0.05, 0) is 26.0 Å². The molecule has 0 fully saturated rings. The molecule has 18 heavy (non-hydrogen) atoms. The summed E-state index contributed by atoms with van der Waals surface area (Å²) in [7, 11) is 3.27. The fourth-order valence-corrected chi connectivity index (χ4v) is 1.84. The second-order valence-electron chi connectivity index (χ2n) is 4.65. The minimum Gasteiger partial charge on any atom is -0.496 e. The van der Waals surface area contributed by atoms with E-state index in [1.54, 1.807) is 21.1 Å². The van der Waals surface area contributed by atoms with Crippen molar-refractivity contribution in [1.82, 2.24) is 5.32 Å². The number of hydrogen-bond donors (Lipinski definition) is 2. The van der Waals surface area contributed by atoms with Crippen molar-refractivity contribution in [2.24, 2.45) is 0 Å². The highest BCUT2D eigenvalue weighted by Gasteiger charge is 2.26. The minimum atomic E-state index is -0.967. The molecule has 0 bridgehead atoms. The van der Waals surface area contributed by atoms with Crippen LogP contribution in [-0.4, -0.2) is 39.0 Å². The van der Waals surface area contributed by atoms with Gasteiger partial charge < -0.3 is 19.9 Å². The van der Waals surface area contributed by atoms with Crippen LogP contribution >= 0.6 is 0 Å². The zero-order valence-electron chi connectivity index (χ0n) is 11.6. The summed E-state index contributed by atoms with van der Waals surface area (Å²) in [5.74, 6) is 0.708. The van der Waals surface area contributed by atoms with E-state index in [2.05, 4.69) is 5.32 Å². The van der Waals surface area contributed by atoms with E-state index in [9.17, 15) is 5.11 Å². The van der Waals surface area contributed by atoms with E-state index < -0.39 is 5.60 Å². The van der Waals surface area contributed by atoms with Crippen LogP contribution in [0.15, 0.2) is 18.2 Å². The first-order chi connectivity index (χ1) is 8.51. The second-order valence-corrected chi connectivity index (χ2v) is 4.65. The van der Waals surface area contributed by atoms with E-state index in [1.807, 2.05) is 25.1 Å². The molecule has 1 rings (SSSR count). The van der Waals surface area contributed by atoms with Gasteiger partial charge >= 0.3 is 0 Å². The maximum absolute atomic E-state index is 10.5. The summed E-state index contributed by atoms with van der Waals surface area (Å²) in [5, 5.41) is 13.7. The molecule has 1 unspecified atom stereocenters. The van der Waals surface area contributed by atoms with Crippen molar-refractivity contribution in [3.05, 3.63) is 29.3 Å².